The van der Waals surface area contributed by atoms with Crippen LogP contribution in [0.2, 0.25) is 5.15 Å². The summed E-state index contributed by atoms with van der Waals surface area (Å²) >= 11 is 6.35. The van der Waals surface area contributed by atoms with Gasteiger partial charge in [-0.3, -0.25) is 4.40 Å². The molecule has 0 aliphatic rings. The molecule has 2 aromatic heterocycles. The molecule has 0 spiro atoms. The van der Waals surface area contributed by atoms with Crippen LogP contribution >= 0.6 is 11.6 Å². The quantitative estimate of drug-likeness (QED) is 0.654. The molecule has 0 radical (unpaired) electrons. The third-order valence-electron chi connectivity index (χ3n) is 3.69. The second-order valence-corrected chi connectivity index (χ2v) is 6.26. The van der Waals surface area contributed by atoms with Crippen LogP contribution in [-0.2, 0) is 12.8 Å². The number of benzene rings is 1. The number of halogens is 3. The number of aryl methyl sites for hydroxylation is 2. The summed E-state index contributed by atoms with van der Waals surface area (Å²) in [7, 11) is 0. The zero-order valence-electron chi connectivity index (χ0n) is 12.9. The number of fused-ring (bicyclic) bond motifs is 1. The molecule has 0 aliphatic carbocycles. The molecule has 3 rings (SSSR count). The molecule has 0 saturated carbocycles. The molecular formula is C17H16ClF2N3. The van der Waals surface area contributed by atoms with Crippen LogP contribution in [0, 0.1) is 11.6 Å². The lowest BCUT2D eigenvalue weighted by Gasteiger charge is -2.08. The van der Waals surface area contributed by atoms with Crippen molar-refractivity contribution in [2.24, 2.45) is 0 Å². The minimum atomic E-state index is -0.562. The van der Waals surface area contributed by atoms with E-state index >= 15 is 0 Å². The van der Waals surface area contributed by atoms with E-state index in [1.807, 2.05) is 30.4 Å². The fourth-order valence-corrected chi connectivity index (χ4v) is 2.92. The van der Waals surface area contributed by atoms with Gasteiger partial charge in [0.1, 0.15) is 22.6 Å². The minimum absolute atomic E-state index is 0.212. The molecule has 1 aromatic carbocycles. The Morgan fingerprint density at radius 1 is 0.957 bits per heavy atom. The van der Waals surface area contributed by atoms with Gasteiger partial charge in [-0.2, -0.15) is 0 Å². The van der Waals surface area contributed by atoms with Crippen LogP contribution in [0.3, 0.4) is 0 Å². The Morgan fingerprint density at radius 2 is 1.57 bits per heavy atom. The average Bonchev–Trinajstić information content (AvgIpc) is 2.89. The van der Waals surface area contributed by atoms with Gasteiger partial charge in [0, 0.05) is 12.0 Å². The average molecular weight is 336 g/mol. The van der Waals surface area contributed by atoms with Crippen LogP contribution < -0.4 is 0 Å². The molecular weight excluding hydrogens is 320 g/mol. The summed E-state index contributed by atoms with van der Waals surface area (Å²) in [5.74, 6) is -0.104. The Balaban J connectivity index is 1.86. The van der Waals surface area contributed by atoms with Gasteiger partial charge in [0.15, 0.2) is 5.65 Å². The van der Waals surface area contributed by atoms with E-state index in [1.54, 1.807) is 0 Å². The topological polar surface area (TPSA) is 30.2 Å². The van der Waals surface area contributed by atoms with Gasteiger partial charge in [-0.15, -0.1) is 10.2 Å². The molecule has 0 amide bonds. The predicted molar refractivity (Wildman–Crippen MR) is 85.9 cm³/mol. The molecule has 3 aromatic rings. The van der Waals surface area contributed by atoms with Crippen LogP contribution in [0.1, 0.15) is 36.7 Å². The van der Waals surface area contributed by atoms with E-state index in [4.69, 9.17) is 11.6 Å². The summed E-state index contributed by atoms with van der Waals surface area (Å²) in [5.41, 5.74) is 2.25. The van der Waals surface area contributed by atoms with Crippen molar-refractivity contribution in [3.8, 4) is 0 Å². The van der Waals surface area contributed by atoms with Crippen molar-refractivity contribution < 1.29 is 8.78 Å². The lowest BCUT2D eigenvalue weighted by molar-refractivity contribution is 0.579. The highest BCUT2D eigenvalue weighted by Gasteiger charge is 2.13. The zero-order chi connectivity index (χ0) is 16.6. The Morgan fingerprint density at radius 3 is 2.17 bits per heavy atom. The summed E-state index contributed by atoms with van der Waals surface area (Å²) in [6.07, 6.45) is 1.13. The molecule has 2 heterocycles. The van der Waals surface area contributed by atoms with Crippen molar-refractivity contribution >= 4 is 17.2 Å². The number of nitrogens with zero attached hydrogens (tertiary/aromatic N) is 3. The summed E-state index contributed by atoms with van der Waals surface area (Å²) in [6, 6.07) is 7.31. The fourth-order valence-electron chi connectivity index (χ4n) is 2.61. The predicted octanol–water partition coefficient (Wildman–Crippen LogP) is 4.57. The Labute approximate surface area is 137 Å². The van der Waals surface area contributed by atoms with Gasteiger partial charge >= 0.3 is 0 Å². The first kappa shape index (κ1) is 15.9. The Hall–Kier alpha value is -2.01. The summed E-state index contributed by atoms with van der Waals surface area (Å²) < 4.78 is 28.3. The second kappa shape index (κ2) is 6.24. The van der Waals surface area contributed by atoms with Crippen molar-refractivity contribution in [1.29, 1.82) is 0 Å². The lowest BCUT2D eigenvalue weighted by Crippen LogP contribution is -2.00. The molecule has 23 heavy (non-hydrogen) atoms. The van der Waals surface area contributed by atoms with Crippen molar-refractivity contribution in [3.05, 3.63) is 64.1 Å². The normalized spacial score (nSPS) is 11.6. The van der Waals surface area contributed by atoms with Crippen LogP contribution in [0.5, 0.6) is 0 Å². The Kier molecular flexibility index (Phi) is 4.31. The first-order valence-electron chi connectivity index (χ1n) is 7.42. The number of rotatable bonds is 4. The third-order valence-corrected chi connectivity index (χ3v) is 3.96. The van der Waals surface area contributed by atoms with Gasteiger partial charge in [0.2, 0.25) is 0 Å². The highest BCUT2D eigenvalue weighted by molar-refractivity contribution is 6.29. The van der Waals surface area contributed by atoms with Crippen molar-refractivity contribution in [2.75, 3.05) is 0 Å². The number of aromatic nitrogens is 3. The van der Waals surface area contributed by atoms with Gasteiger partial charge in [-0.1, -0.05) is 25.4 Å². The van der Waals surface area contributed by atoms with Gasteiger partial charge < -0.3 is 0 Å². The molecule has 0 fully saturated rings. The molecule has 0 unspecified atom stereocenters. The molecule has 0 atom stereocenters. The van der Waals surface area contributed by atoms with Crippen LogP contribution in [0.4, 0.5) is 8.78 Å². The molecule has 6 heteroatoms. The van der Waals surface area contributed by atoms with E-state index in [1.165, 1.54) is 12.1 Å². The van der Waals surface area contributed by atoms with Crippen molar-refractivity contribution in [2.45, 2.75) is 32.6 Å². The highest BCUT2D eigenvalue weighted by Crippen LogP contribution is 2.22. The number of hydrogen-bond acceptors (Lipinski definition) is 2. The molecule has 3 nitrogen and oxygen atoms in total. The zero-order valence-corrected chi connectivity index (χ0v) is 13.6. The lowest BCUT2D eigenvalue weighted by atomic mass is 10.0. The third kappa shape index (κ3) is 3.34. The maximum Gasteiger partial charge on any atom is 0.162 e. The molecule has 0 N–H and O–H groups in total. The van der Waals surface area contributed by atoms with E-state index < -0.39 is 11.6 Å². The highest BCUT2D eigenvalue weighted by atomic mass is 35.5. The van der Waals surface area contributed by atoms with E-state index in [0.29, 0.717) is 29.2 Å². The van der Waals surface area contributed by atoms with Gasteiger partial charge in [-0.25, -0.2) is 8.78 Å². The van der Waals surface area contributed by atoms with Gasteiger partial charge in [0.05, 0.1) is 0 Å². The first-order valence-corrected chi connectivity index (χ1v) is 7.80. The smallest absolute Gasteiger partial charge is 0.162 e. The number of pyridine rings is 1. The minimum Gasteiger partial charge on any atom is -0.269 e. The van der Waals surface area contributed by atoms with E-state index in [0.717, 1.165) is 17.5 Å². The first-order chi connectivity index (χ1) is 10.9. The van der Waals surface area contributed by atoms with Crippen LogP contribution in [0.25, 0.3) is 5.65 Å². The summed E-state index contributed by atoms with van der Waals surface area (Å²) in [5, 5.41) is 8.86. The van der Waals surface area contributed by atoms with Gasteiger partial charge in [-0.05, 0) is 48.2 Å². The maximum absolute atomic E-state index is 13.2. The molecule has 0 aliphatic heterocycles. The summed E-state index contributed by atoms with van der Waals surface area (Å²) in [4.78, 5) is 0. The largest absolute Gasteiger partial charge is 0.269 e. The monoisotopic (exact) mass is 335 g/mol. The number of hydrogen-bond donors (Lipinski definition) is 0. The van der Waals surface area contributed by atoms with Crippen LogP contribution in [0.15, 0.2) is 30.3 Å². The second-order valence-electron chi connectivity index (χ2n) is 5.87. The van der Waals surface area contributed by atoms with Gasteiger partial charge in [0.25, 0.3) is 0 Å². The van der Waals surface area contributed by atoms with Crippen LogP contribution in [-0.4, -0.2) is 14.6 Å². The fraction of sp³-hybridized carbons (Fsp3) is 0.294. The maximum atomic E-state index is 13.2. The standard InChI is InChI=1S/C17H16ClF2N3/c1-10(2)17-22-21-16-8-12(7-15(18)23(16)17)4-3-11-5-13(19)9-14(20)6-11/h5-10H,3-4H2,1-2H3. The SMILES string of the molecule is CC(C)c1nnc2cc(CCc3cc(F)cc(F)c3)cc(Cl)n12. The van der Waals surface area contributed by atoms with Crippen molar-refractivity contribution in [1.82, 2.24) is 14.6 Å². The molecule has 0 saturated heterocycles. The molecule has 120 valence electrons. The van der Waals surface area contributed by atoms with E-state index in [-0.39, 0.29) is 5.92 Å². The van der Waals surface area contributed by atoms with E-state index in [9.17, 15) is 8.78 Å². The Bertz CT molecular complexity index is 838. The molecule has 0 bridgehead atoms. The summed E-state index contributed by atoms with van der Waals surface area (Å²) in [6.45, 7) is 4.05. The van der Waals surface area contributed by atoms with E-state index in [2.05, 4.69) is 10.2 Å². The van der Waals surface area contributed by atoms with Crippen molar-refractivity contribution in [3.63, 3.8) is 0 Å².